The second-order valence-electron chi connectivity index (χ2n) is 7.06. The molecule has 7 nitrogen and oxygen atoms in total. The number of benzene rings is 1. The molecule has 0 aliphatic heterocycles. The van der Waals surface area contributed by atoms with Gasteiger partial charge in [-0.05, 0) is 55.1 Å². The maximum atomic E-state index is 13.5. The molecule has 0 atom stereocenters. The van der Waals surface area contributed by atoms with Crippen molar-refractivity contribution in [3.8, 4) is 22.6 Å². The number of hydrogen-bond acceptors (Lipinski definition) is 6. The van der Waals surface area contributed by atoms with Crippen LogP contribution in [0.5, 0.6) is 0 Å². The molecule has 4 rings (SSSR count). The third-order valence-electron chi connectivity index (χ3n) is 4.86. The monoisotopic (exact) mass is 406 g/mol. The molecule has 0 saturated carbocycles. The van der Waals surface area contributed by atoms with Crippen LogP contribution < -0.4 is 5.32 Å². The lowest BCUT2D eigenvalue weighted by atomic mass is 10.1. The third-order valence-corrected chi connectivity index (χ3v) is 4.86. The summed E-state index contributed by atoms with van der Waals surface area (Å²) in [6, 6.07) is 12.2. The average Bonchev–Trinajstić information content (AvgIpc) is 3.13. The van der Waals surface area contributed by atoms with Crippen LogP contribution in [0, 0.1) is 5.82 Å². The number of aliphatic hydroxyl groups is 1. The van der Waals surface area contributed by atoms with Crippen LogP contribution >= 0.6 is 0 Å². The third kappa shape index (κ3) is 4.00. The summed E-state index contributed by atoms with van der Waals surface area (Å²) in [4.78, 5) is 15.7. The fourth-order valence-corrected chi connectivity index (χ4v) is 3.41. The number of pyridine rings is 1. The summed E-state index contributed by atoms with van der Waals surface area (Å²) in [5.74, 6) is 0.215. The number of anilines is 1. The number of imidazole rings is 1. The van der Waals surface area contributed by atoms with Gasteiger partial charge in [0.25, 0.3) is 0 Å². The van der Waals surface area contributed by atoms with E-state index in [2.05, 4.69) is 15.3 Å². The molecule has 0 fully saturated rings. The Kier molecular flexibility index (Phi) is 5.69. The van der Waals surface area contributed by atoms with E-state index in [4.69, 9.17) is 10.1 Å². The van der Waals surface area contributed by atoms with E-state index in [1.165, 1.54) is 12.1 Å². The lowest BCUT2D eigenvalue weighted by molar-refractivity contribution is 0.217. The van der Waals surface area contributed by atoms with Crippen LogP contribution in [0.25, 0.3) is 28.3 Å². The van der Waals surface area contributed by atoms with Gasteiger partial charge in [0.15, 0.2) is 0 Å². The number of nitrogens with zero attached hydrogens (tertiary/aromatic N) is 5. The minimum Gasteiger partial charge on any atom is -0.395 e. The Morgan fingerprint density at radius 3 is 2.67 bits per heavy atom. The second kappa shape index (κ2) is 8.56. The van der Waals surface area contributed by atoms with E-state index < -0.39 is 0 Å². The number of hydrogen-bond donors (Lipinski definition) is 2. The number of aromatic nitrogens is 4. The van der Waals surface area contributed by atoms with Gasteiger partial charge in [0.1, 0.15) is 11.5 Å². The van der Waals surface area contributed by atoms with E-state index in [-0.39, 0.29) is 12.4 Å². The molecule has 0 radical (unpaired) electrons. The molecule has 0 bridgehead atoms. The van der Waals surface area contributed by atoms with Crippen molar-refractivity contribution in [3.63, 3.8) is 0 Å². The Morgan fingerprint density at radius 2 is 1.93 bits per heavy atom. The molecule has 0 spiro atoms. The van der Waals surface area contributed by atoms with Gasteiger partial charge >= 0.3 is 0 Å². The fourth-order valence-electron chi connectivity index (χ4n) is 3.41. The van der Waals surface area contributed by atoms with Crippen molar-refractivity contribution < 1.29 is 9.50 Å². The van der Waals surface area contributed by atoms with E-state index >= 15 is 0 Å². The van der Waals surface area contributed by atoms with E-state index in [1.54, 1.807) is 25.4 Å². The van der Waals surface area contributed by atoms with Crippen LogP contribution in [0.15, 0.2) is 54.9 Å². The highest BCUT2D eigenvalue weighted by Gasteiger charge is 2.18. The van der Waals surface area contributed by atoms with E-state index in [0.29, 0.717) is 24.7 Å². The maximum Gasteiger partial charge on any atom is 0.222 e. The number of fused-ring (bicyclic) bond motifs is 1. The molecule has 0 unspecified atom stereocenters. The van der Waals surface area contributed by atoms with Gasteiger partial charge in [-0.2, -0.15) is 0 Å². The predicted molar refractivity (Wildman–Crippen MR) is 115 cm³/mol. The zero-order valence-corrected chi connectivity index (χ0v) is 16.9. The quantitative estimate of drug-likeness (QED) is 0.491. The zero-order chi connectivity index (χ0) is 21.1. The highest BCUT2D eigenvalue weighted by molar-refractivity contribution is 5.80. The average molecular weight is 406 g/mol. The van der Waals surface area contributed by atoms with Crippen LogP contribution in [-0.2, 0) is 6.54 Å². The minimum atomic E-state index is -0.294. The number of rotatable bonds is 7. The van der Waals surface area contributed by atoms with Crippen molar-refractivity contribution in [1.82, 2.24) is 24.3 Å². The summed E-state index contributed by atoms with van der Waals surface area (Å²) in [6.45, 7) is 1.41. The second-order valence-corrected chi connectivity index (χ2v) is 7.06. The lowest BCUT2D eigenvalue weighted by Gasteiger charge is -2.15. The Hall–Kier alpha value is -3.36. The summed E-state index contributed by atoms with van der Waals surface area (Å²) in [5.41, 5.74) is 4.90. The van der Waals surface area contributed by atoms with Gasteiger partial charge in [0.05, 0.1) is 23.7 Å². The molecule has 3 heterocycles. The van der Waals surface area contributed by atoms with Gasteiger partial charge in [0.2, 0.25) is 5.95 Å². The fraction of sp³-hybridized carbons (Fsp3) is 0.227. The van der Waals surface area contributed by atoms with Crippen molar-refractivity contribution in [2.75, 3.05) is 32.6 Å². The number of nitrogens with one attached hydrogen (secondary N) is 1. The van der Waals surface area contributed by atoms with Crippen molar-refractivity contribution in [3.05, 3.63) is 66.2 Å². The van der Waals surface area contributed by atoms with Gasteiger partial charge in [-0.1, -0.05) is 0 Å². The molecule has 0 saturated heterocycles. The van der Waals surface area contributed by atoms with Crippen LogP contribution in [0.1, 0.15) is 5.56 Å². The number of halogens is 1. The first-order valence-corrected chi connectivity index (χ1v) is 9.66. The predicted octanol–water partition coefficient (Wildman–Crippen LogP) is 3.06. The molecule has 8 heteroatoms. The van der Waals surface area contributed by atoms with E-state index in [0.717, 1.165) is 28.2 Å². The molecule has 0 aliphatic carbocycles. The molecule has 30 heavy (non-hydrogen) atoms. The van der Waals surface area contributed by atoms with Crippen LogP contribution in [-0.4, -0.2) is 56.6 Å². The first kappa shape index (κ1) is 19.9. The normalized spacial score (nSPS) is 11.4. The summed E-state index contributed by atoms with van der Waals surface area (Å²) < 4.78 is 15.5. The van der Waals surface area contributed by atoms with Crippen LogP contribution in [0.2, 0.25) is 0 Å². The molecule has 0 amide bonds. The van der Waals surface area contributed by atoms with Crippen LogP contribution in [0.4, 0.5) is 10.3 Å². The maximum absolute atomic E-state index is 13.5. The molecule has 1 aromatic carbocycles. The molecule has 4 aromatic rings. The Balaban J connectivity index is 1.87. The van der Waals surface area contributed by atoms with Gasteiger partial charge in [0, 0.05) is 38.1 Å². The Morgan fingerprint density at radius 1 is 1.13 bits per heavy atom. The number of aliphatic hydroxyl groups excluding tert-OH is 1. The molecule has 0 aliphatic rings. The SMILES string of the molecule is CNc1nccc(-c2c(-c3ccc(F)cc3)nc3cc(CN(C)CCO)ccn23)n1. The molecule has 2 N–H and O–H groups in total. The summed E-state index contributed by atoms with van der Waals surface area (Å²) in [5, 5.41) is 12.1. The Labute approximate surface area is 173 Å². The van der Waals surface area contributed by atoms with Crippen LogP contribution in [0.3, 0.4) is 0 Å². The summed E-state index contributed by atoms with van der Waals surface area (Å²) in [7, 11) is 3.73. The highest BCUT2D eigenvalue weighted by atomic mass is 19.1. The van der Waals surface area contributed by atoms with Crippen molar-refractivity contribution >= 4 is 11.6 Å². The first-order chi connectivity index (χ1) is 14.6. The van der Waals surface area contributed by atoms with E-state index in [9.17, 15) is 4.39 Å². The van der Waals surface area contributed by atoms with Gasteiger partial charge in [-0.15, -0.1) is 0 Å². The summed E-state index contributed by atoms with van der Waals surface area (Å²) >= 11 is 0. The molecular weight excluding hydrogens is 383 g/mol. The minimum absolute atomic E-state index is 0.114. The molecule has 3 aromatic heterocycles. The largest absolute Gasteiger partial charge is 0.395 e. The smallest absolute Gasteiger partial charge is 0.222 e. The van der Waals surface area contributed by atoms with Crippen molar-refractivity contribution in [1.29, 1.82) is 0 Å². The number of likely N-dealkylation sites (N-methyl/N-ethyl adjacent to an activating group) is 1. The first-order valence-electron chi connectivity index (χ1n) is 9.66. The highest BCUT2D eigenvalue weighted by Crippen LogP contribution is 2.32. The molecular formula is C22H23FN6O. The summed E-state index contributed by atoms with van der Waals surface area (Å²) in [6.07, 6.45) is 3.66. The molecule has 154 valence electrons. The Bertz CT molecular complexity index is 1160. The lowest BCUT2D eigenvalue weighted by Crippen LogP contribution is -2.21. The van der Waals surface area contributed by atoms with Gasteiger partial charge in [-0.3, -0.25) is 9.30 Å². The van der Waals surface area contributed by atoms with Crippen molar-refractivity contribution in [2.45, 2.75) is 6.54 Å². The van der Waals surface area contributed by atoms with Gasteiger partial charge < -0.3 is 10.4 Å². The van der Waals surface area contributed by atoms with Gasteiger partial charge in [-0.25, -0.2) is 19.3 Å². The zero-order valence-electron chi connectivity index (χ0n) is 16.9. The topological polar surface area (TPSA) is 78.6 Å². The van der Waals surface area contributed by atoms with Crippen molar-refractivity contribution in [2.24, 2.45) is 0 Å². The van der Waals surface area contributed by atoms with E-state index in [1.807, 2.05) is 40.7 Å². The standard InChI is InChI=1S/C22H23FN6O/c1-24-22-25-9-7-18(26-22)21-20(16-3-5-17(23)6-4-16)27-19-13-15(8-10-29(19)21)14-28(2)11-12-30/h3-10,13,30H,11-12,14H2,1-2H3,(H,24,25,26).